The zero-order valence-corrected chi connectivity index (χ0v) is 17.1. The van der Waals surface area contributed by atoms with Crippen molar-refractivity contribution < 1.29 is 29.0 Å². The molecule has 2 unspecified atom stereocenters. The highest BCUT2D eigenvalue weighted by molar-refractivity contribution is 5.81. The molecule has 0 aliphatic carbocycles. The van der Waals surface area contributed by atoms with Gasteiger partial charge in [0.1, 0.15) is 5.60 Å². The third-order valence-electron chi connectivity index (χ3n) is 3.83. The molecule has 0 rings (SSSR count). The second-order valence-corrected chi connectivity index (χ2v) is 7.94. The van der Waals surface area contributed by atoms with Gasteiger partial charge in [0.2, 0.25) is 5.91 Å². The quantitative estimate of drug-likeness (QED) is 0.569. The Labute approximate surface area is 156 Å². The van der Waals surface area contributed by atoms with E-state index in [9.17, 15) is 19.5 Å². The standard InChI is InChI=1S/C19H35NO6/c1-8-14(16(22)18(24)25-7)20-17(23)13(11-12(2)3)9-10-15(21)26-19(4,5)6/h12-14,16,22H,8-11H2,1-7H3,(H,20,23)/t13-,14?,16?/m0/s1. The molecule has 0 spiro atoms. The van der Waals surface area contributed by atoms with E-state index in [-0.39, 0.29) is 24.2 Å². The minimum Gasteiger partial charge on any atom is -0.467 e. The second-order valence-electron chi connectivity index (χ2n) is 7.94. The molecule has 0 aromatic rings. The van der Waals surface area contributed by atoms with Gasteiger partial charge in [-0.3, -0.25) is 9.59 Å². The number of aliphatic hydroxyl groups excluding tert-OH is 1. The number of hydrogen-bond donors (Lipinski definition) is 2. The third kappa shape index (κ3) is 9.75. The maximum atomic E-state index is 12.6. The van der Waals surface area contributed by atoms with E-state index in [1.165, 1.54) is 7.11 Å². The van der Waals surface area contributed by atoms with Crippen LogP contribution in [0.2, 0.25) is 0 Å². The monoisotopic (exact) mass is 373 g/mol. The number of methoxy groups -OCH3 is 1. The van der Waals surface area contributed by atoms with E-state index in [4.69, 9.17) is 4.74 Å². The first kappa shape index (κ1) is 24.4. The Balaban J connectivity index is 4.91. The van der Waals surface area contributed by atoms with Gasteiger partial charge in [0.25, 0.3) is 0 Å². The number of esters is 2. The molecule has 0 bridgehead atoms. The molecule has 0 aliphatic heterocycles. The third-order valence-corrected chi connectivity index (χ3v) is 3.83. The molecule has 26 heavy (non-hydrogen) atoms. The van der Waals surface area contributed by atoms with Crippen molar-refractivity contribution in [3.8, 4) is 0 Å². The zero-order valence-electron chi connectivity index (χ0n) is 17.1. The molecule has 7 heteroatoms. The van der Waals surface area contributed by atoms with Gasteiger partial charge in [0.15, 0.2) is 6.10 Å². The molecule has 0 heterocycles. The molecule has 0 fully saturated rings. The van der Waals surface area contributed by atoms with Crippen LogP contribution < -0.4 is 5.32 Å². The molecule has 0 aromatic carbocycles. The van der Waals surface area contributed by atoms with Gasteiger partial charge in [0.05, 0.1) is 13.2 Å². The molecular formula is C19H35NO6. The molecule has 3 atom stereocenters. The predicted octanol–water partition coefficient (Wildman–Crippen LogP) is 2.20. The summed E-state index contributed by atoms with van der Waals surface area (Å²) in [4.78, 5) is 36.1. The minimum absolute atomic E-state index is 0.137. The van der Waals surface area contributed by atoms with Crippen LogP contribution in [0.15, 0.2) is 0 Å². The van der Waals surface area contributed by atoms with Crippen molar-refractivity contribution in [2.45, 2.75) is 85.0 Å². The Morgan fingerprint density at radius 3 is 2.15 bits per heavy atom. The van der Waals surface area contributed by atoms with Crippen LogP contribution in [0.25, 0.3) is 0 Å². The number of carbonyl (C=O) groups is 3. The molecule has 0 aromatic heterocycles. The summed E-state index contributed by atoms with van der Waals surface area (Å²) in [6, 6.07) is -0.730. The van der Waals surface area contributed by atoms with Crippen LogP contribution in [0.1, 0.15) is 67.2 Å². The number of ether oxygens (including phenoxy) is 2. The first-order valence-corrected chi connectivity index (χ1v) is 9.19. The average molecular weight is 373 g/mol. The highest BCUT2D eigenvalue weighted by Crippen LogP contribution is 2.20. The van der Waals surface area contributed by atoms with Gasteiger partial charge >= 0.3 is 11.9 Å². The topological polar surface area (TPSA) is 102 Å². The van der Waals surface area contributed by atoms with Crippen LogP contribution in [0.5, 0.6) is 0 Å². The maximum Gasteiger partial charge on any atom is 0.336 e. The van der Waals surface area contributed by atoms with E-state index < -0.39 is 29.6 Å². The SMILES string of the molecule is CCC(NC(=O)[C@@H](CCC(=O)OC(C)(C)C)CC(C)C)C(O)C(=O)OC. The number of amides is 1. The van der Waals surface area contributed by atoms with Crippen LogP contribution in [-0.2, 0) is 23.9 Å². The van der Waals surface area contributed by atoms with Crippen molar-refractivity contribution in [3.05, 3.63) is 0 Å². The lowest BCUT2D eigenvalue weighted by molar-refractivity contribution is -0.155. The summed E-state index contributed by atoms with van der Waals surface area (Å²) in [5.41, 5.74) is -0.565. The lowest BCUT2D eigenvalue weighted by atomic mass is 9.91. The Hall–Kier alpha value is -1.63. The molecule has 0 radical (unpaired) electrons. The smallest absolute Gasteiger partial charge is 0.336 e. The number of hydrogen-bond acceptors (Lipinski definition) is 6. The van der Waals surface area contributed by atoms with Gasteiger partial charge < -0.3 is 19.9 Å². The number of rotatable bonds is 10. The minimum atomic E-state index is -1.42. The van der Waals surface area contributed by atoms with Crippen molar-refractivity contribution in [2.75, 3.05) is 7.11 Å². The van der Waals surface area contributed by atoms with Crippen LogP contribution in [0.4, 0.5) is 0 Å². The molecule has 0 saturated heterocycles. The van der Waals surface area contributed by atoms with Crippen LogP contribution in [0.3, 0.4) is 0 Å². The predicted molar refractivity (Wildman–Crippen MR) is 98.3 cm³/mol. The molecule has 1 amide bonds. The Bertz CT molecular complexity index is 469. The average Bonchev–Trinajstić information content (AvgIpc) is 2.52. The molecule has 152 valence electrons. The number of carbonyl (C=O) groups excluding carboxylic acids is 3. The van der Waals surface area contributed by atoms with Gasteiger partial charge in [-0.1, -0.05) is 20.8 Å². The Morgan fingerprint density at radius 2 is 1.73 bits per heavy atom. The normalized spacial score (nSPS) is 15.1. The number of aliphatic hydroxyl groups is 1. The summed E-state index contributed by atoms with van der Waals surface area (Å²) >= 11 is 0. The summed E-state index contributed by atoms with van der Waals surface area (Å²) in [7, 11) is 1.18. The van der Waals surface area contributed by atoms with Gasteiger partial charge in [-0.15, -0.1) is 0 Å². The highest BCUT2D eigenvalue weighted by Gasteiger charge is 2.30. The van der Waals surface area contributed by atoms with E-state index in [2.05, 4.69) is 10.1 Å². The largest absolute Gasteiger partial charge is 0.467 e. The summed E-state index contributed by atoms with van der Waals surface area (Å²) < 4.78 is 9.81. The fourth-order valence-electron chi connectivity index (χ4n) is 2.60. The fourth-order valence-corrected chi connectivity index (χ4v) is 2.60. The van der Waals surface area contributed by atoms with E-state index in [1.54, 1.807) is 27.7 Å². The van der Waals surface area contributed by atoms with Crippen LogP contribution in [0, 0.1) is 11.8 Å². The van der Waals surface area contributed by atoms with Crippen LogP contribution in [-0.4, -0.2) is 47.8 Å². The van der Waals surface area contributed by atoms with E-state index >= 15 is 0 Å². The highest BCUT2D eigenvalue weighted by atomic mass is 16.6. The van der Waals surface area contributed by atoms with E-state index in [0.29, 0.717) is 19.3 Å². The molecule has 7 nitrogen and oxygen atoms in total. The number of nitrogens with one attached hydrogen (secondary N) is 1. The lowest BCUT2D eigenvalue weighted by Gasteiger charge is -2.25. The van der Waals surface area contributed by atoms with Crippen molar-refractivity contribution in [3.63, 3.8) is 0 Å². The Morgan fingerprint density at radius 1 is 1.15 bits per heavy atom. The van der Waals surface area contributed by atoms with Gasteiger partial charge in [-0.05, 0) is 46.0 Å². The van der Waals surface area contributed by atoms with Crippen molar-refractivity contribution in [2.24, 2.45) is 11.8 Å². The van der Waals surface area contributed by atoms with E-state index in [1.807, 2.05) is 13.8 Å². The van der Waals surface area contributed by atoms with Crippen molar-refractivity contribution in [1.82, 2.24) is 5.32 Å². The Kier molecular flexibility index (Phi) is 10.5. The van der Waals surface area contributed by atoms with Gasteiger partial charge in [-0.2, -0.15) is 0 Å². The first-order valence-electron chi connectivity index (χ1n) is 9.19. The molecule has 2 N–H and O–H groups in total. The summed E-state index contributed by atoms with van der Waals surface area (Å²) in [5.74, 6) is -1.56. The van der Waals surface area contributed by atoms with Crippen molar-refractivity contribution >= 4 is 17.8 Å². The fraction of sp³-hybridized carbons (Fsp3) is 0.842. The summed E-state index contributed by atoms with van der Waals surface area (Å²) in [6.45, 7) is 11.1. The molecule has 0 saturated carbocycles. The van der Waals surface area contributed by atoms with Gasteiger partial charge in [-0.25, -0.2) is 4.79 Å². The van der Waals surface area contributed by atoms with E-state index in [0.717, 1.165) is 0 Å². The molecule has 0 aliphatic rings. The van der Waals surface area contributed by atoms with Crippen molar-refractivity contribution in [1.29, 1.82) is 0 Å². The zero-order chi connectivity index (χ0) is 20.5. The summed E-state index contributed by atoms with van der Waals surface area (Å²) in [5, 5.41) is 12.7. The first-order chi connectivity index (χ1) is 11.9. The van der Waals surface area contributed by atoms with Crippen LogP contribution >= 0.6 is 0 Å². The molecular weight excluding hydrogens is 338 g/mol. The van der Waals surface area contributed by atoms with Gasteiger partial charge in [0, 0.05) is 12.3 Å². The maximum absolute atomic E-state index is 12.6. The summed E-state index contributed by atoms with van der Waals surface area (Å²) in [6.07, 6.45) is 0.0451. The lowest BCUT2D eigenvalue weighted by Crippen LogP contribution is -2.49. The second kappa shape index (κ2) is 11.2.